The third-order valence-corrected chi connectivity index (χ3v) is 4.23. The van der Waals surface area contributed by atoms with Gasteiger partial charge in [-0.3, -0.25) is 4.79 Å². The topological polar surface area (TPSA) is 106 Å². The maximum absolute atomic E-state index is 12.0. The average Bonchev–Trinajstić information content (AvgIpc) is 3.14. The molecule has 150 valence electrons. The molecule has 2 N–H and O–H groups in total. The molecular weight excluding hydrogens is 372 g/mol. The number of ether oxygens (including phenoxy) is 1. The summed E-state index contributed by atoms with van der Waals surface area (Å²) in [6, 6.07) is 12.7. The molecule has 0 radical (unpaired) electrons. The van der Waals surface area contributed by atoms with Crippen molar-refractivity contribution in [3.63, 3.8) is 0 Å². The molecule has 0 unspecified atom stereocenters. The maximum atomic E-state index is 12.0. The number of hydrogen-bond donors (Lipinski definition) is 2. The van der Waals surface area contributed by atoms with Crippen LogP contribution in [0.1, 0.15) is 18.9 Å². The van der Waals surface area contributed by atoms with Crippen molar-refractivity contribution in [1.82, 2.24) is 20.3 Å². The number of carbonyl (C=O) groups excluding carboxylic acids is 2. The maximum Gasteiger partial charge on any atom is 0.333 e. The fourth-order valence-electron chi connectivity index (χ4n) is 2.70. The van der Waals surface area contributed by atoms with E-state index in [2.05, 4.69) is 22.1 Å². The van der Waals surface area contributed by atoms with Crippen molar-refractivity contribution in [2.75, 3.05) is 13.2 Å². The molecule has 0 saturated carbocycles. The van der Waals surface area contributed by atoms with Crippen LogP contribution in [0.2, 0.25) is 0 Å². The van der Waals surface area contributed by atoms with Crippen molar-refractivity contribution >= 4 is 22.9 Å². The molecule has 29 heavy (non-hydrogen) atoms. The predicted octanol–water partition coefficient (Wildman–Crippen LogP) is 2.29. The van der Waals surface area contributed by atoms with Crippen LogP contribution >= 0.6 is 0 Å². The fraction of sp³-hybridized carbons (Fsp3) is 0.238. The van der Waals surface area contributed by atoms with Crippen LogP contribution in [-0.4, -0.2) is 45.1 Å². The molecule has 0 spiro atoms. The normalized spacial score (nSPS) is 10.7. The molecule has 1 heterocycles. The Morgan fingerprint density at radius 2 is 1.83 bits per heavy atom. The largest absolute Gasteiger partial charge is 0.505 e. The van der Waals surface area contributed by atoms with E-state index in [4.69, 9.17) is 4.74 Å². The average molecular weight is 394 g/mol. The highest BCUT2D eigenvalue weighted by molar-refractivity contribution is 5.87. The van der Waals surface area contributed by atoms with Gasteiger partial charge in [0.05, 0.1) is 6.54 Å². The van der Waals surface area contributed by atoms with E-state index < -0.39 is 5.97 Å². The molecule has 8 nitrogen and oxygen atoms in total. The van der Waals surface area contributed by atoms with E-state index in [1.807, 2.05) is 24.3 Å². The molecule has 1 amide bonds. The first-order valence-corrected chi connectivity index (χ1v) is 9.18. The molecule has 0 aliphatic heterocycles. The molecular formula is C21H22N4O4. The van der Waals surface area contributed by atoms with Gasteiger partial charge < -0.3 is 15.2 Å². The number of aryl methyl sites for hydroxylation is 1. The van der Waals surface area contributed by atoms with E-state index in [-0.39, 0.29) is 31.2 Å². The van der Waals surface area contributed by atoms with Crippen LogP contribution < -0.4 is 5.32 Å². The van der Waals surface area contributed by atoms with Crippen LogP contribution in [0.4, 0.5) is 0 Å². The number of amides is 1. The summed E-state index contributed by atoms with van der Waals surface area (Å²) in [4.78, 5) is 24.7. The number of fused-ring (bicyclic) bond motifs is 1. The molecule has 1 aromatic heterocycles. The summed E-state index contributed by atoms with van der Waals surface area (Å²) < 4.78 is 4.92. The molecule has 3 aromatic rings. The number of nitrogens with one attached hydrogen (secondary N) is 1. The molecule has 8 heteroatoms. The minimum atomic E-state index is -0.485. The second-order valence-electron chi connectivity index (χ2n) is 6.53. The van der Waals surface area contributed by atoms with Gasteiger partial charge in [-0.25, -0.2) is 4.79 Å². The van der Waals surface area contributed by atoms with Gasteiger partial charge in [0.25, 0.3) is 0 Å². The summed E-state index contributed by atoms with van der Waals surface area (Å²) >= 11 is 0. The van der Waals surface area contributed by atoms with Gasteiger partial charge in [-0.1, -0.05) is 30.8 Å². The van der Waals surface area contributed by atoms with Gasteiger partial charge in [-0.15, -0.1) is 15.0 Å². The van der Waals surface area contributed by atoms with E-state index >= 15 is 0 Å². The number of carbonyl (C=O) groups is 2. The molecule has 0 atom stereocenters. The van der Waals surface area contributed by atoms with Gasteiger partial charge >= 0.3 is 5.97 Å². The quantitative estimate of drug-likeness (QED) is 0.345. The highest BCUT2D eigenvalue weighted by atomic mass is 16.5. The lowest BCUT2D eigenvalue weighted by Gasteiger charge is -2.09. The summed E-state index contributed by atoms with van der Waals surface area (Å²) in [6.45, 7) is 5.34. The number of para-hydroxylation sites is 1. The number of nitrogens with zero attached hydrogens (tertiary/aromatic N) is 3. The number of hydrogen-bond acceptors (Lipinski definition) is 6. The standard InChI is InChI=1S/C21H22N4O4/c1-14(2)21(28)29-13-12-22-19(26)11-10-15-6-5-9-18(20(15)27)25-23-16-7-3-4-8-17(16)24-25/h3-9,27H,1,10-13H2,2H3,(H,22,26). The fourth-order valence-corrected chi connectivity index (χ4v) is 2.70. The minimum absolute atomic E-state index is 0.0380. The van der Waals surface area contributed by atoms with Crippen LogP contribution in [0.25, 0.3) is 16.7 Å². The summed E-state index contributed by atoms with van der Waals surface area (Å²) in [5.74, 6) is -0.652. The molecule has 0 bridgehead atoms. The molecule has 0 aliphatic carbocycles. The van der Waals surface area contributed by atoms with Crippen molar-refractivity contribution in [2.24, 2.45) is 0 Å². The second kappa shape index (κ2) is 9.01. The summed E-state index contributed by atoms with van der Waals surface area (Å²) in [5.41, 5.74) is 2.83. The van der Waals surface area contributed by atoms with Gasteiger partial charge in [-0.2, -0.15) is 0 Å². The van der Waals surface area contributed by atoms with Gasteiger partial charge in [0.2, 0.25) is 5.91 Å². The lowest BCUT2D eigenvalue weighted by molar-refractivity contribution is -0.139. The van der Waals surface area contributed by atoms with Crippen LogP contribution in [-0.2, 0) is 20.7 Å². The van der Waals surface area contributed by atoms with Crippen LogP contribution in [0, 0.1) is 0 Å². The number of aromatic nitrogens is 3. The Hall–Kier alpha value is -3.68. The molecule has 0 saturated heterocycles. The Morgan fingerprint density at radius 3 is 2.48 bits per heavy atom. The Morgan fingerprint density at radius 1 is 1.14 bits per heavy atom. The second-order valence-corrected chi connectivity index (χ2v) is 6.53. The Labute approximate surface area is 167 Å². The zero-order valence-corrected chi connectivity index (χ0v) is 16.1. The van der Waals surface area contributed by atoms with Crippen molar-refractivity contribution in [1.29, 1.82) is 0 Å². The number of aromatic hydroxyl groups is 1. The van der Waals surface area contributed by atoms with E-state index in [1.165, 1.54) is 4.80 Å². The number of benzene rings is 2. The highest BCUT2D eigenvalue weighted by Gasteiger charge is 2.13. The third kappa shape index (κ3) is 4.98. The van der Waals surface area contributed by atoms with Crippen molar-refractivity contribution in [3.05, 3.63) is 60.2 Å². The van der Waals surface area contributed by atoms with E-state index in [1.54, 1.807) is 25.1 Å². The Kier molecular flexibility index (Phi) is 6.23. The highest BCUT2D eigenvalue weighted by Crippen LogP contribution is 2.27. The smallest absolute Gasteiger partial charge is 0.333 e. The van der Waals surface area contributed by atoms with E-state index in [0.717, 1.165) is 11.0 Å². The summed E-state index contributed by atoms with van der Waals surface area (Å²) in [5, 5.41) is 22.0. The summed E-state index contributed by atoms with van der Waals surface area (Å²) in [7, 11) is 0. The van der Waals surface area contributed by atoms with Crippen molar-refractivity contribution in [3.8, 4) is 11.4 Å². The zero-order valence-electron chi connectivity index (χ0n) is 16.1. The Bertz CT molecular complexity index is 1020. The van der Waals surface area contributed by atoms with Crippen LogP contribution in [0.3, 0.4) is 0 Å². The summed E-state index contributed by atoms with van der Waals surface area (Å²) in [6.07, 6.45) is 0.526. The number of phenols is 1. The Balaban J connectivity index is 1.58. The van der Waals surface area contributed by atoms with Gasteiger partial charge in [0.15, 0.2) is 0 Å². The first-order chi connectivity index (χ1) is 14.0. The first kappa shape index (κ1) is 20.1. The lowest BCUT2D eigenvalue weighted by Crippen LogP contribution is -2.28. The molecule has 0 fully saturated rings. The molecule has 3 rings (SSSR count). The number of esters is 1. The van der Waals surface area contributed by atoms with Crippen LogP contribution in [0.15, 0.2) is 54.6 Å². The van der Waals surface area contributed by atoms with Crippen molar-refractivity contribution in [2.45, 2.75) is 19.8 Å². The number of phenolic OH excluding ortho intramolecular Hbond substituents is 1. The van der Waals surface area contributed by atoms with Crippen molar-refractivity contribution < 1.29 is 19.4 Å². The minimum Gasteiger partial charge on any atom is -0.505 e. The zero-order chi connectivity index (χ0) is 20.8. The monoisotopic (exact) mass is 394 g/mol. The number of rotatable bonds is 8. The predicted molar refractivity (Wildman–Crippen MR) is 108 cm³/mol. The SMILES string of the molecule is C=C(C)C(=O)OCCNC(=O)CCc1cccc(-n2nc3ccccc3n2)c1O. The lowest BCUT2D eigenvalue weighted by atomic mass is 10.1. The van der Waals surface area contributed by atoms with E-state index in [9.17, 15) is 14.7 Å². The van der Waals surface area contributed by atoms with E-state index in [0.29, 0.717) is 23.2 Å². The van der Waals surface area contributed by atoms with Gasteiger partial charge in [0.1, 0.15) is 29.1 Å². The third-order valence-electron chi connectivity index (χ3n) is 4.23. The molecule has 0 aliphatic rings. The van der Waals surface area contributed by atoms with Gasteiger partial charge in [-0.05, 0) is 37.1 Å². The van der Waals surface area contributed by atoms with Crippen LogP contribution in [0.5, 0.6) is 5.75 Å². The first-order valence-electron chi connectivity index (χ1n) is 9.18. The van der Waals surface area contributed by atoms with Gasteiger partial charge in [0, 0.05) is 12.0 Å². The molecule has 2 aromatic carbocycles.